The van der Waals surface area contributed by atoms with Crippen LogP contribution in [0.4, 0.5) is 5.69 Å². The molecule has 1 aliphatic heterocycles. The number of hydrogen-bond donors (Lipinski definition) is 1. The summed E-state index contributed by atoms with van der Waals surface area (Å²) in [5.74, 6) is 0.943. The summed E-state index contributed by atoms with van der Waals surface area (Å²) in [5, 5.41) is 6.21. The predicted octanol–water partition coefficient (Wildman–Crippen LogP) is 6.11. The lowest BCUT2D eigenvalue weighted by Gasteiger charge is -2.47. The molecule has 1 N–H and O–H groups in total. The van der Waals surface area contributed by atoms with E-state index in [4.69, 9.17) is 4.74 Å². The van der Waals surface area contributed by atoms with Crippen molar-refractivity contribution in [2.75, 3.05) is 18.6 Å². The van der Waals surface area contributed by atoms with E-state index in [9.17, 15) is 4.79 Å². The molecule has 3 aromatic carbocycles. The van der Waals surface area contributed by atoms with Crippen molar-refractivity contribution in [2.45, 2.75) is 52.0 Å². The Kier molecular flexibility index (Phi) is 6.41. The minimum atomic E-state index is -0.232. The van der Waals surface area contributed by atoms with E-state index in [1.807, 2.05) is 42.5 Å². The monoisotopic (exact) mass is 443 g/mol. The second kappa shape index (κ2) is 9.26. The summed E-state index contributed by atoms with van der Waals surface area (Å²) in [6, 6.07) is 17.8. The molecule has 5 nitrogen and oxygen atoms in total. The van der Waals surface area contributed by atoms with Gasteiger partial charge >= 0.3 is 0 Å². The minimum absolute atomic E-state index is 0.0927. The van der Waals surface area contributed by atoms with Crippen molar-refractivity contribution in [3.05, 3.63) is 71.3 Å². The largest absolute Gasteiger partial charge is 0.496 e. The summed E-state index contributed by atoms with van der Waals surface area (Å²) >= 11 is 0. The molecule has 0 saturated heterocycles. The number of nitrogens with one attached hydrogen (secondary N) is 1. The smallest absolute Gasteiger partial charge is 0.271 e. The van der Waals surface area contributed by atoms with Crippen LogP contribution in [0.25, 0.3) is 10.8 Å². The van der Waals surface area contributed by atoms with Crippen molar-refractivity contribution in [3.8, 4) is 5.75 Å². The molecule has 0 fully saturated rings. The Labute approximate surface area is 196 Å². The maximum atomic E-state index is 12.8. The number of hydrazone groups is 1. The van der Waals surface area contributed by atoms with Gasteiger partial charge in [-0.25, -0.2) is 5.43 Å². The number of nitrogens with zero attached hydrogens (tertiary/aromatic N) is 2. The fourth-order valence-corrected chi connectivity index (χ4v) is 5.10. The Morgan fingerprint density at radius 1 is 1.21 bits per heavy atom. The topological polar surface area (TPSA) is 53.9 Å². The first-order valence-corrected chi connectivity index (χ1v) is 11.7. The Hall–Kier alpha value is -3.34. The van der Waals surface area contributed by atoms with E-state index in [1.165, 1.54) is 11.3 Å². The lowest BCUT2D eigenvalue weighted by Crippen LogP contribution is -2.48. The van der Waals surface area contributed by atoms with Crippen LogP contribution in [-0.4, -0.2) is 31.3 Å². The van der Waals surface area contributed by atoms with Gasteiger partial charge in [0, 0.05) is 35.0 Å². The average Bonchev–Trinajstić information content (AvgIpc) is 2.80. The standard InChI is InChI=1S/C28H33N3O2/c1-6-14-31-25-16-26(33-5)21(15-24(25)19(2)17-28(31,3)4)18-29-30-27(32)23-13-9-11-20-10-7-8-12-22(20)23/h7-13,15-16,18-19H,6,14,17H2,1-5H3,(H,30,32)/b29-18-. The first kappa shape index (κ1) is 22.8. The Morgan fingerprint density at radius 3 is 2.73 bits per heavy atom. The van der Waals surface area contributed by atoms with Gasteiger partial charge in [0.25, 0.3) is 5.91 Å². The van der Waals surface area contributed by atoms with Gasteiger partial charge < -0.3 is 9.64 Å². The number of carbonyl (C=O) groups excluding carboxylic acids is 1. The summed E-state index contributed by atoms with van der Waals surface area (Å²) in [7, 11) is 1.68. The second-order valence-electron chi connectivity index (χ2n) is 9.45. The number of rotatable bonds is 6. The first-order valence-electron chi connectivity index (χ1n) is 11.7. The zero-order valence-electron chi connectivity index (χ0n) is 20.2. The third kappa shape index (κ3) is 4.45. The molecule has 33 heavy (non-hydrogen) atoms. The first-order chi connectivity index (χ1) is 15.9. The van der Waals surface area contributed by atoms with E-state index in [2.05, 4.69) is 55.3 Å². The average molecular weight is 444 g/mol. The highest BCUT2D eigenvalue weighted by atomic mass is 16.5. The lowest BCUT2D eigenvalue weighted by molar-refractivity contribution is 0.0957. The van der Waals surface area contributed by atoms with Gasteiger partial charge in [-0.05, 0) is 61.1 Å². The summed E-state index contributed by atoms with van der Waals surface area (Å²) in [5.41, 5.74) is 6.77. The predicted molar refractivity (Wildman–Crippen MR) is 137 cm³/mol. The van der Waals surface area contributed by atoms with Gasteiger partial charge in [0.1, 0.15) is 5.75 Å². The van der Waals surface area contributed by atoms with Gasteiger partial charge in [-0.1, -0.05) is 50.2 Å². The molecule has 1 heterocycles. The van der Waals surface area contributed by atoms with Crippen molar-refractivity contribution in [1.29, 1.82) is 0 Å². The lowest BCUT2D eigenvalue weighted by atomic mass is 9.79. The highest BCUT2D eigenvalue weighted by Crippen LogP contribution is 2.45. The van der Waals surface area contributed by atoms with Crippen molar-refractivity contribution >= 4 is 28.6 Å². The number of carbonyl (C=O) groups is 1. The van der Waals surface area contributed by atoms with E-state index in [-0.39, 0.29) is 11.4 Å². The van der Waals surface area contributed by atoms with Crippen LogP contribution in [0.3, 0.4) is 0 Å². The van der Waals surface area contributed by atoms with Gasteiger partial charge in [0.2, 0.25) is 0 Å². The fraction of sp³-hybridized carbons (Fsp3) is 0.357. The SMILES string of the molecule is CCCN1c2cc(OC)c(/C=N\NC(=O)c3cccc4ccccc34)cc2C(C)CC1(C)C. The maximum Gasteiger partial charge on any atom is 0.271 e. The molecule has 3 aromatic rings. The molecule has 1 atom stereocenters. The van der Waals surface area contributed by atoms with Gasteiger partial charge in [-0.2, -0.15) is 5.10 Å². The number of amides is 1. The Morgan fingerprint density at radius 2 is 1.97 bits per heavy atom. The number of ether oxygens (including phenoxy) is 1. The summed E-state index contributed by atoms with van der Waals surface area (Å²) in [6.45, 7) is 10.1. The highest BCUT2D eigenvalue weighted by Gasteiger charge is 2.36. The second-order valence-corrected chi connectivity index (χ2v) is 9.45. The van der Waals surface area contributed by atoms with E-state index in [0.29, 0.717) is 11.5 Å². The molecule has 5 heteroatoms. The Balaban J connectivity index is 1.62. The molecule has 0 saturated carbocycles. The zero-order chi connectivity index (χ0) is 23.6. The van der Waals surface area contributed by atoms with Gasteiger partial charge in [-0.15, -0.1) is 0 Å². The number of hydrogen-bond acceptors (Lipinski definition) is 4. The molecule has 1 aliphatic rings. The molecule has 4 rings (SSSR count). The normalized spacial score (nSPS) is 17.2. The number of anilines is 1. The molecule has 0 bridgehead atoms. The summed E-state index contributed by atoms with van der Waals surface area (Å²) in [4.78, 5) is 15.3. The van der Waals surface area contributed by atoms with Crippen LogP contribution in [0.5, 0.6) is 5.75 Å². The van der Waals surface area contributed by atoms with Crippen LogP contribution < -0.4 is 15.1 Å². The number of fused-ring (bicyclic) bond motifs is 2. The molecular weight excluding hydrogens is 410 g/mol. The van der Waals surface area contributed by atoms with Crippen LogP contribution >= 0.6 is 0 Å². The quantitative estimate of drug-likeness (QED) is 0.369. The zero-order valence-corrected chi connectivity index (χ0v) is 20.2. The van der Waals surface area contributed by atoms with Crippen LogP contribution in [0.15, 0.2) is 59.7 Å². The van der Waals surface area contributed by atoms with Crippen molar-refractivity contribution in [1.82, 2.24) is 5.43 Å². The van der Waals surface area contributed by atoms with E-state index >= 15 is 0 Å². The minimum Gasteiger partial charge on any atom is -0.496 e. The molecule has 0 aromatic heterocycles. The van der Waals surface area contributed by atoms with Crippen LogP contribution in [0, 0.1) is 0 Å². The summed E-state index contributed by atoms with van der Waals surface area (Å²) in [6.07, 6.45) is 3.85. The van der Waals surface area contributed by atoms with E-state index < -0.39 is 0 Å². The molecular formula is C28H33N3O2. The molecule has 172 valence electrons. The van der Waals surface area contributed by atoms with Crippen molar-refractivity contribution < 1.29 is 9.53 Å². The van der Waals surface area contributed by atoms with Gasteiger partial charge in [0.15, 0.2) is 0 Å². The van der Waals surface area contributed by atoms with Crippen LogP contribution in [0.1, 0.15) is 67.9 Å². The maximum absolute atomic E-state index is 12.8. The molecule has 0 aliphatic carbocycles. The van der Waals surface area contributed by atoms with Crippen LogP contribution in [0.2, 0.25) is 0 Å². The van der Waals surface area contributed by atoms with Gasteiger partial charge in [-0.3, -0.25) is 4.79 Å². The molecule has 1 unspecified atom stereocenters. The highest BCUT2D eigenvalue weighted by molar-refractivity contribution is 6.07. The van der Waals surface area contributed by atoms with Crippen LogP contribution in [-0.2, 0) is 0 Å². The third-order valence-corrected chi connectivity index (χ3v) is 6.59. The van der Waals surface area contributed by atoms with Gasteiger partial charge in [0.05, 0.1) is 13.3 Å². The van der Waals surface area contributed by atoms with Crippen molar-refractivity contribution in [2.24, 2.45) is 5.10 Å². The van der Waals surface area contributed by atoms with Crippen molar-refractivity contribution in [3.63, 3.8) is 0 Å². The Bertz CT molecular complexity index is 1190. The fourth-order valence-electron chi connectivity index (χ4n) is 5.10. The molecule has 0 spiro atoms. The number of benzene rings is 3. The molecule has 0 radical (unpaired) electrons. The van der Waals surface area contributed by atoms with E-state index in [0.717, 1.165) is 41.5 Å². The summed E-state index contributed by atoms with van der Waals surface area (Å²) < 4.78 is 5.71. The van der Waals surface area contributed by atoms with E-state index in [1.54, 1.807) is 13.3 Å². The third-order valence-electron chi connectivity index (χ3n) is 6.59. The number of methoxy groups -OCH3 is 1. The molecule has 1 amide bonds.